The summed E-state index contributed by atoms with van der Waals surface area (Å²) in [7, 11) is 3.00. The zero-order valence-electron chi connectivity index (χ0n) is 28.6. The molecule has 2 aliphatic heterocycles. The van der Waals surface area contributed by atoms with Crippen molar-refractivity contribution < 1.29 is 54.4 Å². The number of nitrogens with one attached hydrogen (secondary N) is 2. The Kier molecular flexibility index (Phi) is 14.8. The molecule has 2 N–H and O–H groups in total. The Labute approximate surface area is 322 Å². The van der Waals surface area contributed by atoms with Crippen LogP contribution in [-0.4, -0.2) is 94.1 Å². The van der Waals surface area contributed by atoms with Crippen molar-refractivity contribution in [2.45, 2.75) is 35.7 Å². The molecule has 14 nitrogen and oxygen atoms in total. The van der Waals surface area contributed by atoms with E-state index in [0.717, 1.165) is 0 Å². The van der Waals surface area contributed by atoms with Crippen LogP contribution in [0.5, 0.6) is 34.5 Å². The van der Waals surface area contributed by atoms with Gasteiger partial charge in [0, 0.05) is 80.6 Å². The number of fused-ring (bicyclic) bond motifs is 2. The number of hydrogen-bond acceptors (Lipinski definition) is 12. The third-order valence-electron chi connectivity index (χ3n) is 7.25. The van der Waals surface area contributed by atoms with Crippen molar-refractivity contribution in [3.63, 3.8) is 0 Å². The number of alkyl halides is 4. The molecule has 0 saturated carbocycles. The van der Waals surface area contributed by atoms with Crippen molar-refractivity contribution in [2.75, 3.05) is 39.1 Å². The van der Waals surface area contributed by atoms with Gasteiger partial charge in [0.05, 0.1) is 51.3 Å². The fourth-order valence-corrected chi connectivity index (χ4v) is 7.25. The molecule has 2 aliphatic rings. The van der Waals surface area contributed by atoms with Gasteiger partial charge in [-0.05, 0) is 12.1 Å². The Morgan fingerprint density at radius 2 is 1.06 bits per heavy atom. The van der Waals surface area contributed by atoms with E-state index in [2.05, 4.69) is 40.7 Å². The molecule has 0 radical (unpaired) electrons. The maximum absolute atomic E-state index is 12.7. The number of aromatic nitrogens is 2. The summed E-state index contributed by atoms with van der Waals surface area (Å²) in [5, 5.41) is 14.5. The van der Waals surface area contributed by atoms with E-state index in [1.165, 1.54) is 77.2 Å². The summed E-state index contributed by atoms with van der Waals surface area (Å²) in [5.74, 6) is 1.96. The van der Waals surface area contributed by atoms with E-state index in [0.29, 0.717) is 57.1 Å². The Morgan fingerprint density at radius 3 is 1.40 bits per heavy atom. The normalized spacial score (nSPS) is 16.1. The molecule has 0 bridgehead atoms. The first-order valence-corrected chi connectivity index (χ1v) is 17.8. The van der Waals surface area contributed by atoms with Crippen LogP contribution in [0.3, 0.4) is 0 Å². The Morgan fingerprint density at radius 1 is 0.660 bits per heavy atom. The van der Waals surface area contributed by atoms with E-state index in [-0.39, 0.29) is 46.1 Å². The second kappa shape index (κ2) is 19.0. The number of anilines is 2. The van der Waals surface area contributed by atoms with Crippen LogP contribution in [0.25, 0.3) is 10.6 Å². The molecular formula is C32H32F4MgN6O8S2. The van der Waals surface area contributed by atoms with Crippen molar-refractivity contribution in [1.82, 2.24) is 9.97 Å². The maximum atomic E-state index is 12.7. The van der Waals surface area contributed by atoms with Gasteiger partial charge in [0.25, 0.3) is 0 Å². The van der Waals surface area contributed by atoms with Gasteiger partial charge in [-0.1, -0.05) is 12.1 Å². The van der Waals surface area contributed by atoms with Crippen molar-refractivity contribution in [3.8, 4) is 34.5 Å². The minimum atomic E-state index is -2.91. The molecule has 280 valence electrons. The van der Waals surface area contributed by atoms with E-state index in [4.69, 9.17) is 18.9 Å². The quantitative estimate of drug-likeness (QED) is 0.108. The molecule has 4 atom stereocenters. The van der Waals surface area contributed by atoms with Crippen molar-refractivity contribution in [2.24, 2.45) is 0 Å². The summed E-state index contributed by atoms with van der Waals surface area (Å²) >= 11 is 0. The van der Waals surface area contributed by atoms with Crippen LogP contribution in [0.1, 0.15) is 11.4 Å². The van der Waals surface area contributed by atoms with Gasteiger partial charge in [-0.25, -0.2) is 0 Å². The van der Waals surface area contributed by atoms with E-state index in [9.17, 15) is 26.0 Å². The summed E-state index contributed by atoms with van der Waals surface area (Å²) in [6.07, 6.45) is 3.08. The van der Waals surface area contributed by atoms with Crippen molar-refractivity contribution in [3.05, 3.63) is 82.9 Å². The maximum Gasteiger partial charge on any atom is 2.00 e. The number of rotatable bonds is 14. The van der Waals surface area contributed by atoms with Gasteiger partial charge in [-0.15, -0.1) is 11.4 Å². The van der Waals surface area contributed by atoms with Crippen LogP contribution in [0.4, 0.5) is 40.3 Å². The molecule has 0 amide bonds. The van der Waals surface area contributed by atoms with Gasteiger partial charge in [-0.3, -0.25) is 18.4 Å². The molecule has 21 heteroatoms. The van der Waals surface area contributed by atoms with Gasteiger partial charge in [0.1, 0.15) is 11.5 Å². The zero-order chi connectivity index (χ0) is 37.4. The standard InChI is InChI=1S/2C16H16F2N3O4S.Mg/c2*1-23-13-5-6-19-12(14(13)24-2)8-26(22)16-20-10-4-3-9(25-15(17)18)7-11(10)21-16;/h2*3-7,15-16,21H,8H2,1-2H3;/q2*-1;+2. The third-order valence-corrected chi connectivity index (χ3v) is 9.80. The van der Waals surface area contributed by atoms with Crippen LogP contribution < -0.4 is 39.1 Å². The van der Waals surface area contributed by atoms with Gasteiger partial charge >= 0.3 is 36.3 Å². The Bertz CT molecular complexity index is 1790. The van der Waals surface area contributed by atoms with E-state index in [1.807, 2.05) is 0 Å². The number of benzene rings is 2. The monoisotopic (exact) mass is 792 g/mol. The van der Waals surface area contributed by atoms with Crippen LogP contribution in [0, 0.1) is 0 Å². The molecule has 0 fully saturated rings. The molecule has 0 saturated heterocycles. The van der Waals surface area contributed by atoms with Crippen molar-refractivity contribution >= 4 is 67.4 Å². The van der Waals surface area contributed by atoms with E-state index < -0.39 is 45.8 Å². The van der Waals surface area contributed by atoms with Gasteiger partial charge < -0.3 is 49.7 Å². The number of halogens is 4. The smallest absolute Gasteiger partial charge is 0.653 e. The zero-order valence-corrected chi connectivity index (χ0v) is 31.6. The number of nitrogens with zero attached hydrogens (tertiary/aromatic N) is 4. The van der Waals surface area contributed by atoms with Gasteiger partial charge in [0.15, 0.2) is 23.0 Å². The molecule has 0 spiro atoms. The summed E-state index contributed by atoms with van der Waals surface area (Å²) in [4.78, 5) is 8.39. The van der Waals surface area contributed by atoms with E-state index in [1.54, 1.807) is 12.1 Å². The van der Waals surface area contributed by atoms with Crippen LogP contribution >= 0.6 is 0 Å². The summed E-state index contributed by atoms with van der Waals surface area (Å²) in [6, 6.07) is 11.9. The Hall–Kier alpha value is -4.47. The third kappa shape index (κ3) is 10.4. The second-order valence-electron chi connectivity index (χ2n) is 10.4. The number of hydrogen-bond donors (Lipinski definition) is 2. The average Bonchev–Trinajstić information content (AvgIpc) is 3.75. The minimum absolute atomic E-state index is 0. The molecule has 4 unspecified atom stereocenters. The first kappa shape index (κ1) is 41.3. The molecule has 0 aliphatic carbocycles. The van der Waals surface area contributed by atoms with Gasteiger partial charge in [0.2, 0.25) is 0 Å². The van der Waals surface area contributed by atoms with Crippen molar-refractivity contribution in [1.29, 1.82) is 0 Å². The molecule has 2 aromatic carbocycles. The minimum Gasteiger partial charge on any atom is -0.653 e. The Balaban J connectivity index is 0.000000232. The molecule has 4 heterocycles. The predicted octanol–water partition coefficient (Wildman–Crippen LogP) is 6.35. The second-order valence-corrected chi connectivity index (χ2v) is 13.4. The van der Waals surface area contributed by atoms with Gasteiger partial charge in [-0.2, -0.15) is 17.6 Å². The van der Waals surface area contributed by atoms with Crippen LogP contribution in [-0.2, 0) is 33.1 Å². The first-order valence-electron chi connectivity index (χ1n) is 15.0. The number of ether oxygens (including phenoxy) is 6. The first-order chi connectivity index (χ1) is 25.0. The molecule has 53 heavy (non-hydrogen) atoms. The summed E-state index contributed by atoms with van der Waals surface area (Å²) in [6.45, 7) is -5.83. The van der Waals surface area contributed by atoms with Crippen LogP contribution in [0.15, 0.2) is 60.9 Å². The van der Waals surface area contributed by atoms with Crippen LogP contribution in [0.2, 0.25) is 0 Å². The summed E-state index contributed by atoms with van der Waals surface area (Å²) < 4.78 is 104. The summed E-state index contributed by atoms with van der Waals surface area (Å²) in [5.41, 5.74) is 1.49. The molecule has 4 aromatic rings. The fourth-order valence-electron chi connectivity index (χ4n) is 5.01. The largest absolute Gasteiger partial charge is 2.00 e. The molecular weight excluding hydrogens is 761 g/mol. The topological polar surface area (TPSA) is 168 Å². The SMILES string of the molecule is COc1ccnc(CS(=O)C2[N-]c3ccc(OC(F)F)cc3N2)c1OC.COc1ccnc(CS(=O)C2[N-]c3ccc(OC(F)F)cc3N2)c1OC.[Mg+2]. The average molecular weight is 793 g/mol. The molecule has 2 aromatic heterocycles. The number of methoxy groups -OCH3 is 4. The van der Waals surface area contributed by atoms with E-state index >= 15 is 0 Å². The fraction of sp³-hybridized carbons (Fsp3) is 0.312. The predicted molar refractivity (Wildman–Crippen MR) is 191 cm³/mol. The molecule has 6 rings (SSSR count). The number of pyridine rings is 2.